The van der Waals surface area contributed by atoms with E-state index in [9.17, 15) is 4.79 Å². The number of rotatable bonds is 3. The van der Waals surface area contributed by atoms with Crippen LogP contribution >= 0.6 is 0 Å². The fourth-order valence-electron chi connectivity index (χ4n) is 3.60. The first kappa shape index (κ1) is 14.6. The summed E-state index contributed by atoms with van der Waals surface area (Å²) in [6, 6.07) is 24.4. The van der Waals surface area contributed by atoms with Gasteiger partial charge in [0, 0.05) is 24.7 Å². The first-order chi connectivity index (χ1) is 11.8. The lowest BCUT2D eigenvalue weighted by molar-refractivity contribution is -0.119. The van der Waals surface area contributed by atoms with Crippen molar-refractivity contribution in [3.63, 3.8) is 0 Å². The molecule has 0 aliphatic carbocycles. The predicted octanol–water partition coefficient (Wildman–Crippen LogP) is 3.97. The van der Waals surface area contributed by atoms with Gasteiger partial charge in [0.05, 0.1) is 5.92 Å². The molecule has 3 nitrogen and oxygen atoms in total. The summed E-state index contributed by atoms with van der Waals surface area (Å²) in [5.74, 6) is 0.599. The number of hydrogen-bond donors (Lipinski definition) is 0. The van der Waals surface area contributed by atoms with E-state index >= 15 is 0 Å². The average Bonchev–Trinajstić information content (AvgIpc) is 2.90. The van der Waals surface area contributed by atoms with E-state index in [1.165, 1.54) is 0 Å². The van der Waals surface area contributed by atoms with Crippen LogP contribution in [0.4, 0.5) is 5.82 Å². The predicted molar refractivity (Wildman–Crippen MR) is 95.1 cm³/mol. The third-order valence-corrected chi connectivity index (χ3v) is 4.72. The molecule has 118 valence electrons. The largest absolute Gasteiger partial charge is 0.299 e. The molecule has 24 heavy (non-hydrogen) atoms. The Morgan fingerprint density at radius 3 is 2.04 bits per heavy atom. The molecule has 4 rings (SSSR count). The molecule has 0 bridgehead atoms. The highest BCUT2D eigenvalue weighted by molar-refractivity contribution is 6.04. The van der Waals surface area contributed by atoms with Crippen LogP contribution in [-0.4, -0.2) is 17.9 Å². The quantitative estimate of drug-likeness (QED) is 0.733. The van der Waals surface area contributed by atoms with Crippen molar-refractivity contribution in [3.05, 3.63) is 95.7 Å². The van der Waals surface area contributed by atoms with Crippen molar-refractivity contribution in [3.8, 4) is 0 Å². The maximum Gasteiger partial charge on any atom is 0.236 e. The number of fused-ring (bicyclic) bond motifs is 1. The number of likely N-dealkylation sites (N-methyl/N-ethyl adjacent to an activating group) is 1. The molecule has 1 aromatic heterocycles. The lowest BCUT2D eigenvalue weighted by Gasteiger charge is -2.24. The van der Waals surface area contributed by atoms with E-state index in [4.69, 9.17) is 0 Å². The van der Waals surface area contributed by atoms with E-state index in [0.29, 0.717) is 0 Å². The second-order valence-electron chi connectivity index (χ2n) is 6.09. The highest BCUT2D eigenvalue weighted by atomic mass is 16.2. The smallest absolute Gasteiger partial charge is 0.236 e. The molecule has 2 heterocycles. The monoisotopic (exact) mass is 314 g/mol. The number of anilines is 1. The Morgan fingerprint density at radius 1 is 0.875 bits per heavy atom. The van der Waals surface area contributed by atoms with Gasteiger partial charge in [-0.1, -0.05) is 66.7 Å². The molecule has 0 N–H and O–H groups in total. The minimum absolute atomic E-state index is 0.0206. The van der Waals surface area contributed by atoms with Gasteiger partial charge in [-0.25, -0.2) is 4.98 Å². The Hall–Kier alpha value is -2.94. The molecule has 3 aromatic rings. The average molecular weight is 314 g/mol. The Kier molecular flexibility index (Phi) is 3.62. The number of hydrogen-bond acceptors (Lipinski definition) is 2. The second kappa shape index (κ2) is 5.93. The number of amides is 1. The minimum Gasteiger partial charge on any atom is -0.299 e. The first-order valence-electron chi connectivity index (χ1n) is 8.10. The number of benzene rings is 2. The van der Waals surface area contributed by atoms with Gasteiger partial charge < -0.3 is 0 Å². The second-order valence-corrected chi connectivity index (χ2v) is 6.09. The van der Waals surface area contributed by atoms with E-state index < -0.39 is 0 Å². The van der Waals surface area contributed by atoms with Crippen molar-refractivity contribution >= 4 is 11.7 Å². The summed E-state index contributed by atoms with van der Waals surface area (Å²) >= 11 is 0. The van der Waals surface area contributed by atoms with Crippen molar-refractivity contribution in [2.24, 2.45) is 0 Å². The van der Waals surface area contributed by atoms with Crippen LogP contribution in [0.15, 0.2) is 79.0 Å². The summed E-state index contributed by atoms with van der Waals surface area (Å²) in [6.45, 7) is 0. The fraction of sp³-hybridized carbons (Fsp3) is 0.143. The maximum absolute atomic E-state index is 13.0. The molecule has 0 saturated carbocycles. The molecule has 3 heteroatoms. The highest BCUT2D eigenvalue weighted by Crippen LogP contribution is 2.46. The molecule has 2 aromatic carbocycles. The zero-order valence-corrected chi connectivity index (χ0v) is 13.5. The minimum atomic E-state index is -0.247. The highest BCUT2D eigenvalue weighted by Gasteiger charge is 2.42. The van der Waals surface area contributed by atoms with Gasteiger partial charge in [0.25, 0.3) is 0 Å². The van der Waals surface area contributed by atoms with Gasteiger partial charge in [-0.3, -0.25) is 9.69 Å². The summed E-state index contributed by atoms with van der Waals surface area (Å²) in [7, 11) is 1.81. The number of pyridine rings is 1. The lowest BCUT2D eigenvalue weighted by atomic mass is 9.78. The molecule has 0 saturated heterocycles. The molecule has 1 amide bonds. The Labute approximate surface area is 141 Å². The molecule has 0 spiro atoms. The Balaban J connectivity index is 1.90. The van der Waals surface area contributed by atoms with Crippen LogP contribution in [0, 0.1) is 0 Å². The van der Waals surface area contributed by atoms with Crippen LogP contribution in [-0.2, 0) is 4.79 Å². The summed E-state index contributed by atoms with van der Waals surface area (Å²) in [4.78, 5) is 19.1. The van der Waals surface area contributed by atoms with Crippen molar-refractivity contribution < 1.29 is 4.79 Å². The molecular weight excluding hydrogens is 296 g/mol. The normalized spacial score (nSPS) is 16.5. The van der Waals surface area contributed by atoms with Crippen molar-refractivity contribution in [2.75, 3.05) is 11.9 Å². The number of nitrogens with zero attached hydrogens (tertiary/aromatic N) is 2. The Morgan fingerprint density at radius 2 is 1.46 bits per heavy atom. The van der Waals surface area contributed by atoms with Crippen LogP contribution in [0.1, 0.15) is 28.5 Å². The fourth-order valence-corrected chi connectivity index (χ4v) is 3.60. The SMILES string of the molecule is CN1C(=O)C(C(c2ccccc2)c2ccccc2)c2cccnc21. The van der Waals surface area contributed by atoms with Gasteiger partial charge in [0.15, 0.2) is 0 Å². The Bertz CT molecular complexity index is 822. The van der Waals surface area contributed by atoms with Crippen LogP contribution in [0.25, 0.3) is 0 Å². The van der Waals surface area contributed by atoms with Gasteiger partial charge in [0.1, 0.15) is 5.82 Å². The van der Waals surface area contributed by atoms with Crippen molar-refractivity contribution in [1.82, 2.24) is 4.98 Å². The first-order valence-corrected chi connectivity index (χ1v) is 8.10. The van der Waals surface area contributed by atoms with E-state index in [0.717, 1.165) is 22.5 Å². The molecule has 1 aliphatic heterocycles. The van der Waals surface area contributed by atoms with E-state index in [-0.39, 0.29) is 17.7 Å². The number of carbonyl (C=O) groups is 1. The van der Waals surface area contributed by atoms with E-state index in [2.05, 4.69) is 29.2 Å². The standard InChI is InChI=1S/C21H18N2O/c1-23-20-17(13-8-14-22-20)19(21(23)24)18(15-9-4-2-5-10-15)16-11-6-3-7-12-16/h2-14,18-19H,1H3. The summed E-state index contributed by atoms with van der Waals surface area (Å²) in [6.07, 6.45) is 1.74. The van der Waals surface area contributed by atoms with E-state index in [1.807, 2.05) is 48.5 Å². The van der Waals surface area contributed by atoms with Crippen LogP contribution in [0.5, 0.6) is 0 Å². The van der Waals surface area contributed by atoms with Gasteiger partial charge in [-0.05, 0) is 17.2 Å². The van der Waals surface area contributed by atoms with Gasteiger partial charge >= 0.3 is 0 Å². The molecular formula is C21H18N2O. The van der Waals surface area contributed by atoms with Gasteiger partial charge in [0.2, 0.25) is 5.91 Å². The van der Waals surface area contributed by atoms with Crippen LogP contribution < -0.4 is 4.90 Å². The number of aromatic nitrogens is 1. The third-order valence-electron chi connectivity index (χ3n) is 4.72. The molecule has 0 radical (unpaired) electrons. The van der Waals surface area contributed by atoms with Crippen molar-refractivity contribution in [1.29, 1.82) is 0 Å². The number of carbonyl (C=O) groups excluding carboxylic acids is 1. The summed E-state index contributed by atoms with van der Waals surface area (Å²) < 4.78 is 0. The molecule has 1 aliphatic rings. The van der Waals surface area contributed by atoms with Gasteiger partial charge in [-0.2, -0.15) is 0 Å². The van der Waals surface area contributed by atoms with Gasteiger partial charge in [-0.15, -0.1) is 0 Å². The molecule has 1 atom stereocenters. The molecule has 0 fully saturated rings. The maximum atomic E-state index is 13.0. The zero-order chi connectivity index (χ0) is 16.5. The van der Waals surface area contributed by atoms with Crippen LogP contribution in [0.2, 0.25) is 0 Å². The summed E-state index contributed by atoms with van der Waals surface area (Å²) in [5.41, 5.74) is 3.29. The third kappa shape index (κ3) is 2.29. The van der Waals surface area contributed by atoms with E-state index in [1.54, 1.807) is 18.1 Å². The van der Waals surface area contributed by atoms with Crippen molar-refractivity contribution in [2.45, 2.75) is 11.8 Å². The van der Waals surface area contributed by atoms with Crippen LogP contribution in [0.3, 0.4) is 0 Å². The summed E-state index contributed by atoms with van der Waals surface area (Å²) in [5, 5.41) is 0. The zero-order valence-electron chi connectivity index (χ0n) is 13.5. The topological polar surface area (TPSA) is 33.2 Å². The lowest BCUT2D eigenvalue weighted by Crippen LogP contribution is -2.28. The molecule has 1 unspecified atom stereocenters.